The van der Waals surface area contributed by atoms with E-state index in [9.17, 15) is 14.4 Å². The molecule has 0 spiro atoms. The van der Waals surface area contributed by atoms with Crippen LogP contribution >= 0.6 is 0 Å². The van der Waals surface area contributed by atoms with Crippen LogP contribution in [0.1, 0.15) is 23.2 Å². The molecule has 1 aromatic heterocycles. The van der Waals surface area contributed by atoms with E-state index in [1.165, 1.54) is 12.0 Å². The molecule has 1 fully saturated rings. The third kappa shape index (κ3) is 3.45. The van der Waals surface area contributed by atoms with Crippen molar-refractivity contribution in [3.8, 4) is 0 Å². The quantitative estimate of drug-likeness (QED) is 0.842. The largest absolute Gasteiger partial charge is 0.467 e. The van der Waals surface area contributed by atoms with E-state index >= 15 is 0 Å². The monoisotopic (exact) mass is 341 g/mol. The van der Waals surface area contributed by atoms with Crippen LogP contribution in [0.25, 0.3) is 10.9 Å². The van der Waals surface area contributed by atoms with Crippen molar-refractivity contribution in [2.75, 3.05) is 20.2 Å². The molecule has 2 amide bonds. The van der Waals surface area contributed by atoms with Gasteiger partial charge in [-0.3, -0.25) is 14.6 Å². The minimum atomic E-state index is -0.559. The molecule has 1 N–H and O–H groups in total. The van der Waals surface area contributed by atoms with E-state index in [0.717, 1.165) is 11.8 Å². The summed E-state index contributed by atoms with van der Waals surface area (Å²) in [6, 6.07) is 8.37. The Morgan fingerprint density at radius 1 is 1.28 bits per heavy atom. The van der Waals surface area contributed by atoms with E-state index in [2.05, 4.69) is 10.3 Å². The Kier molecular flexibility index (Phi) is 4.92. The Bertz CT molecular complexity index is 816. The molecule has 0 aliphatic carbocycles. The zero-order chi connectivity index (χ0) is 17.8. The van der Waals surface area contributed by atoms with Crippen molar-refractivity contribution in [1.82, 2.24) is 15.2 Å². The normalized spacial score (nSPS) is 16.7. The Morgan fingerprint density at radius 2 is 2.08 bits per heavy atom. The summed E-state index contributed by atoms with van der Waals surface area (Å²) < 4.78 is 4.73. The summed E-state index contributed by atoms with van der Waals surface area (Å²) in [6.07, 6.45) is 2.89. The van der Waals surface area contributed by atoms with Crippen molar-refractivity contribution < 1.29 is 19.1 Å². The maximum absolute atomic E-state index is 12.4. The van der Waals surface area contributed by atoms with Crippen molar-refractivity contribution in [3.05, 3.63) is 42.1 Å². The van der Waals surface area contributed by atoms with Crippen molar-refractivity contribution in [2.45, 2.75) is 18.9 Å². The molecule has 2 aromatic rings. The van der Waals surface area contributed by atoms with Gasteiger partial charge in [0.15, 0.2) is 0 Å². The smallest absolute Gasteiger partial charge is 0.328 e. The lowest BCUT2D eigenvalue weighted by Crippen LogP contribution is -2.45. The third-order valence-corrected chi connectivity index (χ3v) is 4.34. The molecule has 3 rings (SSSR count). The van der Waals surface area contributed by atoms with Crippen LogP contribution in [0.4, 0.5) is 0 Å². The van der Waals surface area contributed by atoms with Gasteiger partial charge >= 0.3 is 5.97 Å². The summed E-state index contributed by atoms with van der Waals surface area (Å²) in [5, 5.41) is 3.36. The van der Waals surface area contributed by atoms with Crippen LogP contribution < -0.4 is 5.32 Å². The second-order valence-electron chi connectivity index (χ2n) is 5.83. The predicted molar refractivity (Wildman–Crippen MR) is 90.8 cm³/mol. The number of aromatic nitrogens is 1. The van der Waals surface area contributed by atoms with Crippen molar-refractivity contribution >= 4 is 28.7 Å². The number of pyridine rings is 1. The number of carbonyl (C=O) groups excluding carboxylic acids is 3. The summed E-state index contributed by atoms with van der Waals surface area (Å²) >= 11 is 0. The Balaban J connectivity index is 1.67. The lowest BCUT2D eigenvalue weighted by atomic mass is 10.1. The number of likely N-dealkylation sites (tertiary alicyclic amines) is 1. The van der Waals surface area contributed by atoms with Crippen molar-refractivity contribution in [2.24, 2.45) is 0 Å². The molecule has 1 atom stereocenters. The minimum absolute atomic E-state index is 0.164. The number of hydrogen-bond acceptors (Lipinski definition) is 5. The number of methoxy groups -OCH3 is 1. The van der Waals surface area contributed by atoms with E-state index in [1.54, 1.807) is 12.3 Å². The highest BCUT2D eigenvalue weighted by molar-refractivity contribution is 6.06. The summed E-state index contributed by atoms with van der Waals surface area (Å²) in [4.78, 5) is 42.2. The van der Waals surface area contributed by atoms with Crippen LogP contribution in [0.15, 0.2) is 36.5 Å². The van der Waals surface area contributed by atoms with E-state index in [4.69, 9.17) is 4.74 Å². The van der Waals surface area contributed by atoms with Gasteiger partial charge in [0.2, 0.25) is 5.91 Å². The predicted octanol–water partition coefficient (Wildman–Crippen LogP) is 1.13. The summed E-state index contributed by atoms with van der Waals surface area (Å²) in [7, 11) is 1.31. The van der Waals surface area contributed by atoms with Gasteiger partial charge in [0.1, 0.15) is 6.04 Å². The Morgan fingerprint density at radius 3 is 2.88 bits per heavy atom. The Labute approximate surface area is 145 Å². The van der Waals surface area contributed by atoms with Crippen LogP contribution in [0.3, 0.4) is 0 Å². The molecule has 0 radical (unpaired) electrons. The first-order valence-corrected chi connectivity index (χ1v) is 8.11. The summed E-state index contributed by atoms with van der Waals surface area (Å²) in [5.41, 5.74) is 1.18. The highest BCUT2D eigenvalue weighted by Gasteiger charge is 2.34. The first-order chi connectivity index (χ1) is 12.1. The van der Waals surface area contributed by atoms with Crippen LogP contribution in [-0.4, -0.2) is 53.9 Å². The van der Waals surface area contributed by atoms with Crippen LogP contribution in [0, 0.1) is 0 Å². The van der Waals surface area contributed by atoms with E-state index < -0.39 is 12.0 Å². The van der Waals surface area contributed by atoms with Crippen LogP contribution in [-0.2, 0) is 14.3 Å². The molecule has 1 aromatic carbocycles. The minimum Gasteiger partial charge on any atom is -0.467 e. The van der Waals surface area contributed by atoms with Crippen LogP contribution in [0.5, 0.6) is 0 Å². The van der Waals surface area contributed by atoms with Crippen molar-refractivity contribution in [3.63, 3.8) is 0 Å². The highest BCUT2D eigenvalue weighted by atomic mass is 16.5. The molecular weight excluding hydrogens is 322 g/mol. The number of benzene rings is 1. The molecule has 7 nitrogen and oxygen atoms in total. The fourth-order valence-electron chi connectivity index (χ4n) is 3.09. The van der Waals surface area contributed by atoms with Gasteiger partial charge in [0.05, 0.1) is 24.7 Å². The zero-order valence-corrected chi connectivity index (χ0v) is 13.9. The first-order valence-electron chi connectivity index (χ1n) is 8.11. The number of nitrogens with one attached hydrogen (secondary N) is 1. The lowest BCUT2D eigenvalue weighted by Gasteiger charge is -2.22. The molecule has 25 heavy (non-hydrogen) atoms. The maximum atomic E-state index is 12.4. The molecule has 1 aliphatic rings. The van der Waals surface area contributed by atoms with E-state index in [1.807, 2.05) is 24.3 Å². The van der Waals surface area contributed by atoms with E-state index in [-0.39, 0.29) is 18.4 Å². The van der Waals surface area contributed by atoms with Gasteiger partial charge in [0, 0.05) is 18.1 Å². The summed E-state index contributed by atoms with van der Waals surface area (Å²) in [6.45, 7) is 0.329. The number of nitrogens with zero attached hydrogens (tertiary/aromatic N) is 2. The van der Waals surface area contributed by atoms with Gasteiger partial charge < -0.3 is 15.0 Å². The van der Waals surface area contributed by atoms with Gasteiger partial charge in [-0.25, -0.2) is 4.79 Å². The molecule has 1 unspecified atom stereocenters. The lowest BCUT2D eigenvalue weighted by molar-refractivity contribution is -0.150. The topological polar surface area (TPSA) is 88.6 Å². The summed E-state index contributed by atoms with van der Waals surface area (Å²) in [5.74, 6) is -1.06. The number of fused-ring (bicyclic) bond motifs is 1. The molecule has 0 bridgehead atoms. The fourth-order valence-corrected chi connectivity index (χ4v) is 3.09. The average Bonchev–Trinajstić information content (AvgIpc) is 3.14. The molecule has 7 heteroatoms. The van der Waals surface area contributed by atoms with E-state index in [0.29, 0.717) is 24.0 Å². The molecular formula is C18H19N3O4. The number of amides is 2. The molecule has 130 valence electrons. The third-order valence-electron chi connectivity index (χ3n) is 4.34. The van der Waals surface area contributed by atoms with Gasteiger partial charge in [-0.05, 0) is 25.0 Å². The second kappa shape index (κ2) is 7.29. The zero-order valence-electron chi connectivity index (χ0n) is 13.9. The first kappa shape index (κ1) is 16.9. The van der Waals surface area contributed by atoms with Gasteiger partial charge in [-0.2, -0.15) is 0 Å². The van der Waals surface area contributed by atoms with Gasteiger partial charge in [0.25, 0.3) is 5.91 Å². The molecule has 1 aliphatic heterocycles. The highest BCUT2D eigenvalue weighted by Crippen LogP contribution is 2.19. The number of carbonyl (C=O) groups is 3. The molecule has 1 saturated heterocycles. The number of esters is 1. The SMILES string of the molecule is COC(=O)C1CCCN1C(=O)CNC(=O)c1ccnc2ccccc12. The van der Waals surface area contributed by atoms with Crippen LogP contribution in [0.2, 0.25) is 0 Å². The number of para-hydroxylation sites is 1. The average molecular weight is 341 g/mol. The van der Waals surface area contributed by atoms with Gasteiger partial charge in [-0.1, -0.05) is 18.2 Å². The standard InChI is InChI=1S/C18H19N3O4/c1-25-18(24)15-7-4-10-21(15)16(22)11-20-17(23)13-8-9-19-14-6-3-2-5-12(13)14/h2-3,5-6,8-9,15H,4,7,10-11H2,1H3,(H,20,23). The number of ether oxygens (including phenoxy) is 1. The number of hydrogen-bond donors (Lipinski definition) is 1. The van der Waals surface area contributed by atoms with Crippen molar-refractivity contribution in [1.29, 1.82) is 0 Å². The maximum Gasteiger partial charge on any atom is 0.328 e. The molecule has 2 heterocycles. The second-order valence-corrected chi connectivity index (χ2v) is 5.83. The number of rotatable bonds is 4. The fraction of sp³-hybridized carbons (Fsp3) is 0.333. The Hall–Kier alpha value is -2.96. The van der Waals surface area contributed by atoms with Gasteiger partial charge in [-0.15, -0.1) is 0 Å². The molecule has 0 saturated carbocycles.